The van der Waals surface area contributed by atoms with Crippen molar-refractivity contribution in [2.45, 2.75) is 6.54 Å². The number of halogens is 2. The summed E-state index contributed by atoms with van der Waals surface area (Å²) in [6, 6.07) is 13.6. The van der Waals surface area contributed by atoms with E-state index < -0.39 is 11.7 Å². The normalized spacial score (nSPS) is 10.6. The summed E-state index contributed by atoms with van der Waals surface area (Å²) in [7, 11) is 3.96. The average Bonchev–Trinajstić information content (AvgIpc) is 3.02. The van der Waals surface area contributed by atoms with Crippen molar-refractivity contribution < 1.29 is 9.18 Å². The quantitative estimate of drug-likeness (QED) is 0.735. The van der Waals surface area contributed by atoms with Crippen LogP contribution in [0.5, 0.6) is 0 Å². The van der Waals surface area contributed by atoms with Crippen molar-refractivity contribution in [3.63, 3.8) is 0 Å². The molecule has 1 N–H and O–H groups in total. The Bertz CT molecular complexity index is 922. The SMILES string of the molecule is CN(C)c1ccc(Cn2nccc2NC(=O)c2ccc(Cl)cc2F)cc1. The van der Waals surface area contributed by atoms with Gasteiger partial charge < -0.3 is 10.2 Å². The van der Waals surface area contributed by atoms with E-state index in [1.54, 1.807) is 16.9 Å². The molecule has 0 unspecified atom stereocenters. The fourth-order valence-electron chi connectivity index (χ4n) is 2.49. The Hall–Kier alpha value is -2.86. The van der Waals surface area contributed by atoms with Crippen molar-refractivity contribution in [3.05, 3.63) is 76.7 Å². The predicted molar refractivity (Wildman–Crippen MR) is 101 cm³/mol. The zero-order valence-electron chi connectivity index (χ0n) is 14.4. The van der Waals surface area contributed by atoms with Gasteiger partial charge in [-0.2, -0.15) is 5.10 Å². The van der Waals surface area contributed by atoms with Gasteiger partial charge >= 0.3 is 0 Å². The van der Waals surface area contributed by atoms with Crippen LogP contribution in [0.25, 0.3) is 0 Å². The minimum Gasteiger partial charge on any atom is -0.378 e. The van der Waals surface area contributed by atoms with Crippen LogP contribution in [0.15, 0.2) is 54.7 Å². The average molecular weight is 373 g/mol. The summed E-state index contributed by atoms with van der Waals surface area (Å²) < 4.78 is 15.6. The number of aromatic nitrogens is 2. The van der Waals surface area contributed by atoms with Crippen LogP contribution in [0.4, 0.5) is 15.9 Å². The minimum absolute atomic E-state index is 0.0718. The lowest BCUT2D eigenvalue weighted by molar-refractivity contribution is 0.102. The van der Waals surface area contributed by atoms with Crippen molar-refractivity contribution in [2.75, 3.05) is 24.3 Å². The number of carbonyl (C=O) groups excluding carboxylic acids is 1. The van der Waals surface area contributed by atoms with Crippen LogP contribution in [0.2, 0.25) is 5.02 Å². The van der Waals surface area contributed by atoms with Gasteiger partial charge in [0.25, 0.3) is 5.91 Å². The molecule has 7 heteroatoms. The zero-order chi connectivity index (χ0) is 18.7. The molecule has 0 saturated heterocycles. The number of anilines is 2. The van der Waals surface area contributed by atoms with E-state index in [4.69, 9.17) is 11.6 Å². The molecule has 0 aliphatic rings. The van der Waals surface area contributed by atoms with Crippen LogP contribution >= 0.6 is 11.6 Å². The van der Waals surface area contributed by atoms with E-state index in [9.17, 15) is 9.18 Å². The van der Waals surface area contributed by atoms with Crippen LogP contribution in [0.1, 0.15) is 15.9 Å². The monoisotopic (exact) mass is 372 g/mol. The third-order valence-electron chi connectivity index (χ3n) is 3.92. The molecule has 0 spiro atoms. The number of rotatable bonds is 5. The Morgan fingerprint density at radius 3 is 2.58 bits per heavy atom. The summed E-state index contributed by atoms with van der Waals surface area (Å²) in [5.74, 6) is -0.731. The number of hydrogen-bond acceptors (Lipinski definition) is 3. The number of carbonyl (C=O) groups is 1. The summed E-state index contributed by atoms with van der Waals surface area (Å²) in [4.78, 5) is 14.3. The fourth-order valence-corrected chi connectivity index (χ4v) is 2.65. The highest BCUT2D eigenvalue weighted by molar-refractivity contribution is 6.30. The van der Waals surface area contributed by atoms with Gasteiger partial charge in [0, 0.05) is 30.9 Å². The molecule has 26 heavy (non-hydrogen) atoms. The number of nitrogens with zero attached hydrogens (tertiary/aromatic N) is 3. The lowest BCUT2D eigenvalue weighted by atomic mass is 10.2. The van der Waals surface area contributed by atoms with Gasteiger partial charge in [0.2, 0.25) is 0 Å². The Labute approximate surface area is 156 Å². The summed E-state index contributed by atoms with van der Waals surface area (Å²) >= 11 is 5.72. The van der Waals surface area contributed by atoms with Gasteiger partial charge in [-0.25, -0.2) is 9.07 Å². The van der Waals surface area contributed by atoms with E-state index in [0.29, 0.717) is 12.4 Å². The molecule has 0 aliphatic carbocycles. The third-order valence-corrected chi connectivity index (χ3v) is 4.15. The van der Waals surface area contributed by atoms with Gasteiger partial charge in [-0.1, -0.05) is 23.7 Å². The summed E-state index contributed by atoms with van der Waals surface area (Å²) in [5.41, 5.74) is 2.06. The maximum Gasteiger partial charge on any atom is 0.259 e. The van der Waals surface area contributed by atoms with E-state index in [0.717, 1.165) is 17.3 Å². The number of nitrogens with one attached hydrogen (secondary N) is 1. The molecule has 134 valence electrons. The van der Waals surface area contributed by atoms with Crippen LogP contribution in [-0.2, 0) is 6.54 Å². The Balaban J connectivity index is 1.75. The van der Waals surface area contributed by atoms with E-state index in [1.807, 2.05) is 43.3 Å². The topological polar surface area (TPSA) is 50.2 Å². The first-order chi connectivity index (χ1) is 12.4. The molecule has 0 atom stereocenters. The third kappa shape index (κ3) is 4.03. The molecule has 1 aromatic heterocycles. The molecule has 0 aliphatic heterocycles. The molecule has 0 bridgehead atoms. The van der Waals surface area contributed by atoms with Crippen molar-refractivity contribution in [1.29, 1.82) is 0 Å². The zero-order valence-corrected chi connectivity index (χ0v) is 15.2. The van der Waals surface area contributed by atoms with Crippen molar-refractivity contribution in [2.24, 2.45) is 0 Å². The molecule has 3 aromatic rings. The van der Waals surface area contributed by atoms with Gasteiger partial charge in [0.05, 0.1) is 18.3 Å². The second-order valence-corrected chi connectivity index (χ2v) is 6.45. The highest BCUT2D eigenvalue weighted by Crippen LogP contribution is 2.18. The minimum atomic E-state index is -0.666. The fraction of sp³-hybridized carbons (Fsp3) is 0.158. The second kappa shape index (κ2) is 7.58. The highest BCUT2D eigenvalue weighted by atomic mass is 35.5. The molecule has 0 radical (unpaired) electrons. The largest absolute Gasteiger partial charge is 0.378 e. The maximum absolute atomic E-state index is 13.9. The summed E-state index contributed by atoms with van der Waals surface area (Å²) in [6.07, 6.45) is 1.59. The summed E-state index contributed by atoms with van der Waals surface area (Å²) in [6.45, 7) is 0.486. The summed E-state index contributed by atoms with van der Waals surface area (Å²) in [5, 5.41) is 7.16. The molecule has 0 fully saturated rings. The Morgan fingerprint density at radius 2 is 1.92 bits per heavy atom. The van der Waals surface area contributed by atoms with Crippen LogP contribution in [0.3, 0.4) is 0 Å². The molecule has 1 amide bonds. The van der Waals surface area contributed by atoms with Gasteiger partial charge in [-0.05, 0) is 35.9 Å². The molecule has 2 aromatic carbocycles. The molecular weight excluding hydrogens is 355 g/mol. The number of benzene rings is 2. The van der Waals surface area contributed by atoms with E-state index in [-0.39, 0.29) is 10.6 Å². The van der Waals surface area contributed by atoms with E-state index >= 15 is 0 Å². The van der Waals surface area contributed by atoms with Crippen molar-refractivity contribution in [3.8, 4) is 0 Å². The Morgan fingerprint density at radius 1 is 1.19 bits per heavy atom. The van der Waals surface area contributed by atoms with Crippen molar-refractivity contribution >= 4 is 29.0 Å². The first-order valence-electron chi connectivity index (χ1n) is 7.98. The van der Waals surface area contributed by atoms with Gasteiger partial charge in [0.15, 0.2) is 0 Å². The van der Waals surface area contributed by atoms with Crippen LogP contribution in [0, 0.1) is 5.82 Å². The molecule has 5 nitrogen and oxygen atoms in total. The first kappa shape index (κ1) is 17.9. The molecule has 1 heterocycles. The lowest BCUT2D eigenvalue weighted by Crippen LogP contribution is -2.17. The smallest absolute Gasteiger partial charge is 0.259 e. The predicted octanol–water partition coefficient (Wildman–Crippen LogP) is 4.04. The highest BCUT2D eigenvalue weighted by Gasteiger charge is 2.14. The van der Waals surface area contributed by atoms with Gasteiger partial charge in [0.1, 0.15) is 11.6 Å². The second-order valence-electron chi connectivity index (χ2n) is 6.01. The molecule has 3 rings (SSSR count). The standard InChI is InChI=1S/C19H18ClFN4O/c1-24(2)15-6-3-13(4-7-15)12-25-18(9-10-22-25)23-19(26)16-8-5-14(20)11-17(16)21/h3-11H,12H2,1-2H3,(H,23,26). The van der Waals surface area contributed by atoms with E-state index in [1.165, 1.54) is 12.1 Å². The number of amides is 1. The Kier molecular flexibility index (Phi) is 5.23. The van der Waals surface area contributed by atoms with Crippen molar-refractivity contribution in [1.82, 2.24) is 9.78 Å². The maximum atomic E-state index is 13.9. The lowest BCUT2D eigenvalue weighted by Gasteiger charge is -2.13. The number of hydrogen-bond donors (Lipinski definition) is 1. The first-order valence-corrected chi connectivity index (χ1v) is 8.36. The van der Waals surface area contributed by atoms with Gasteiger partial charge in [-0.3, -0.25) is 4.79 Å². The van der Waals surface area contributed by atoms with E-state index in [2.05, 4.69) is 10.4 Å². The molecule has 0 saturated carbocycles. The van der Waals surface area contributed by atoms with Gasteiger partial charge in [-0.15, -0.1) is 0 Å². The van der Waals surface area contributed by atoms with Crippen LogP contribution < -0.4 is 10.2 Å². The molecular formula is C19H18ClFN4O. The van der Waals surface area contributed by atoms with Crippen LogP contribution in [-0.4, -0.2) is 29.8 Å².